The van der Waals surface area contributed by atoms with Gasteiger partial charge >= 0.3 is 0 Å². The number of nitrogens with one attached hydrogen (secondary N) is 1. The summed E-state index contributed by atoms with van der Waals surface area (Å²) in [5.41, 5.74) is 5.00. The Kier molecular flexibility index (Phi) is 4.31. The van der Waals surface area contributed by atoms with E-state index in [1.54, 1.807) is 29.3 Å². The van der Waals surface area contributed by atoms with Gasteiger partial charge in [-0.15, -0.1) is 0 Å². The van der Waals surface area contributed by atoms with Crippen molar-refractivity contribution in [3.05, 3.63) is 67.7 Å². The summed E-state index contributed by atoms with van der Waals surface area (Å²) >= 11 is 12.9. The van der Waals surface area contributed by atoms with Crippen LogP contribution in [0.3, 0.4) is 0 Å². The quantitative estimate of drug-likeness (QED) is 0.702. The third-order valence-corrected chi connectivity index (χ3v) is 3.79. The van der Waals surface area contributed by atoms with Gasteiger partial charge in [0.15, 0.2) is 5.82 Å². The van der Waals surface area contributed by atoms with Crippen LogP contribution in [0, 0.1) is 5.82 Å². The number of fused-ring (bicyclic) bond motifs is 1. The van der Waals surface area contributed by atoms with Crippen molar-refractivity contribution in [2.24, 2.45) is 4.99 Å². The zero-order valence-corrected chi connectivity index (χ0v) is 14.5. The lowest BCUT2D eigenvalue weighted by molar-refractivity contribution is 0.371. The largest absolute Gasteiger partial charge is 0.247 e. The van der Waals surface area contributed by atoms with Crippen LogP contribution in [0.2, 0.25) is 0 Å². The fourth-order valence-electron chi connectivity index (χ4n) is 2.14. The van der Waals surface area contributed by atoms with Crippen LogP contribution >= 0.6 is 43.5 Å². The van der Waals surface area contributed by atoms with E-state index in [4.69, 9.17) is 11.6 Å². The van der Waals surface area contributed by atoms with Crippen LogP contribution < -0.4 is 5.43 Å². The highest BCUT2D eigenvalue weighted by Gasteiger charge is 2.27. The molecule has 0 radical (unpaired) electrons. The van der Waals surface area contributed by atoms with Gasteiger partial charge in [-0.05, 0) is 50.1 Å². The number of allylic oxidation sites excluding steroid dienone is 1. The van der Waals surface area contributed by atoms with Crippen LogP contribution in [0.15, 0.2) is 61.4 Å². The Morgan fingerprint density at radius 2 is 2.14 bits per heavy atom. The molecule has 3 rings (SSSR count). The van der Waals surface area contributed by atoms with E-state index in [9.17, 15) is 4.39 Å². The Balaban J connectivity index is 2.11. The van der Waals surface area contributed by atoms with Crippen molar-refractivity contribution in [1.29, 1.82) is 0 Å². The predicted molar refractivity (Wildman–Crippen MR) is 89.7 cm³/mol. The van der Waals surface area contributed by atoms with Gasteiger partial charge in [-0.25, -0.2) is 19.8 Å². The normalized spacial score (nSPS) is 17.4. The molecule has 2 aliphatic heterocycles. The van der Waals surface area contributed by atoms with E-state index < -0.39 is 0 Å². The zero-order valence-electron chi connectivity index (χ0n) is 10.6. The molecule has 2 aliphatic rings. The van der Waals surface area contributed by atoms with Crippen LogP contribution in [-0.4, -0.2) is 17.3 Å². The van der Waals surface area contributed by atoms with Crippen molar-refractivity contribution in [2.45, 2.75) is 0 Å². The fourth-order valence-corrected chi connectivity index (χ4v) is 2.93. The van der Waals surface area contributed by atoms with Crippen LogP contribution in [-0.2, 0) is 0 Å². The standard InChI is InChI=1S/C14H9Br2ClFN3/c15-12(16)5-8-7-19-21-13(17)6-11(20-14(8)21)9-3-1-2-4-10(9)18/h1-6,19H,7H2. The molecule has 0 fully saturated rings. The van der Waals surface area contributed by atoms with Crippen molar-refractivity contribution in [1.82, 2.24) is 10.4 Å². The second kappa shape index (κ2) is 6.04. The van der Waals surface area contributed by atoms with Crippen molar-refractivity contribution in [3.63, 3.8) is 0 Å². The Morgan fingerprint density at radius 1 is 1.38 bits per heavy atom. The molecule has 0 saturated heterocycles. The van der Waals surface area contributed by atoms with E-state index in [-0.39, 0.29) is 5.82 Å². The molecule has 0 saturated carbocycles. The fraction of sp³-hybridized carbons (Fsp3) is 0.0714. The average Bonchev–Trinajstić information content (AvgIpc) is 2.82. The number of halogens is 4. The van der Waals surface area contributed by atoms with E-state index in [0.29, 0.717) is 28.8 Å². The zero-order chi connectivity index (χ0) is 15.0. The first-order valence-corrected chi connectivity index (χ1v) is 8.03. The monoisotopic (exact) mass is 431 g/mol. The van der Waals surface area contributed by atoms with E-state index in [2.05, 4.69) is 42.3 Å². The second-order valence-electron chi connectivity index (χ2n) is 4.40. The summed E-state index contributed by atoms with van der Waals surface area (Å²) in [7, 11) is 0. The molecule has 1 N–H and O–H groups in total. The highest BCUT2D eigenvalue weighted by Crippen LogP contribution is 2.31. The summed E-state index contributed by atoms with van der Waals surface area (Å²) in [5.74, 6) is 0.341. The summed E-state index contributed by atoms with van der Waals surface area (Å²) < 4.78 is 14.7. The summed E-state index contributed by atoms with van der Waals surface area (Å²) in [6.07, 6.45) is 3.53. The smallest absolute Gasteiger partial charge is 0.153 e. The van der Waals surface area contributed by atoms with Gasteiger partial charge in [0, 0.05) is 23.8 Å². The van der Waals surface area contributed by atoms with E-state index in [0.717, 1.165) is 8.96 Å². The summed E-state index contributed by atoms with van der Waals surface area (Å²) in [6, 6.07) is 6.51. The molecule has 7 heteroatoms. The molecular formula is C14H9Br2ClFN3. The number of benzene rings is 1. The summed E-state index contributed by atoms with van der Waals surface area (Å²) in [6.45, 7) is 0.591. The molecule has 108 valence electrons. The van der Waals surface area contributed by atoms with Gasteiger partial charge in [0.1, 0.15) is 11.0 Å². The lowest BCUT2D eigenvalue weighted by Crippen LogP contribution is -2.31. The lowest BCUT2D eigenvalue weighted by Gasteiger charge is -2.23. The van der Waals surface area contributed by atoms with Crippen molar-refractivity contribution >= 4 is 49.2 Å². The van der Waals surface area contributed by atoms with Crippen molar-refractivity contribution in [2.75, 3.05) is 6.54 Å². The number of hydrogen-bond acceptors (Lipinski definition) is 3. The first-order valence-electron chi connectivity index (χ1n) is 6.06. The minimum Gasteiger partial charge on any atom is -0.247 e. The molecule has 2 heterocycles. The molecule has 0 spiro atoms. The summed E-state index contributed by atoms with van der Waals surface area (Å²) in [4.78, 5) is 4.53. The number of hydrazine groups is 1. The van der Waals surface area contributed by atoms with Crippen molar-refractivity contribution < 1.29 is 4.39 Å². The summed E-state index contributed by atoms with van der Waals surface area (Å²) in [5, 5.41) is 2.13. The van der Waals surface area contributed by atoms with E-state index in [1.165, 1.54) is 6.07 Å². The maximum absolute atomic E-state index is 13.9. The van der Waals surface area contributed by atoms with E-state index >= 15 is 0 Å². The minimum atomic E-state index is -0.323. The number of nitrogens with zero attached hydrogens (tertiary/aromatic N) is 2. The highest BCUT2D eigenvalue weighted by molar-refractivity contribution is 9.28. The maximum atomic E-state index is 13.9. The van der Waals surface area contributed by atoms with Gasteiger partial charge in [-0.1, -0.05) is 23.7 Å². The van der Waals surface area contributed by atoms with Gasteiger partial charge in [0.25, 0.3) is 0 Å². The second-order valence-corrected chi connectivity index (χ2v) is 7.56. The Hall–Kier alpha value is -0.950. The third kappa shape index (κ3) is 2.99. The topological polar surface area (TPSA) is 27.6 Å². The Labute approximate surface area is 143 Å². The minimum absolute atomic E-state index is 0.323. The lowest BCUT2D eigenvalue weighted by atomic mass is 10.1. The van der Waals surface area contributed by atoms with Gasteiger partial charge in [0.05, 0.1) is 9.10 Å². The van der Waals surface area contributed by atoms with Gasteiger partial charge in [-0.3, -0.25) is 0 Å². The molecule has 0 bridgehead atoms. The average molecular weight is 434 g/mol. The third-order valence-electron chi connectivity index (χ3n) is 3.06. The first kappa shape index (κ1) is 15.0. The van der Waals surface area contributed by atoms with Crippen LogP contribution in [0.5, 0.6) is 0 Å². The molecule has 21 heavy (non-hydrogen) atoms. The van der Waals surface area contributed by atoms with Crippen LogP contribution in [0.4, 0.5) is 4.39 Å². The molecule has 1 aromatic rings. The van der Waals surface area contributed by atoms with Gasteiger partial charge in [-0.2, -0.15) is 0 Å². The Morgan fingerprint density at radius 3 is 2.86 bits per heavy atom. The number of rotatable bonds is 2. The molecule has 0 unspecified atom stereocenters. The molecular weight excluding hydrogens is 424 g/mol. The SMILES string of the molecule is Fc1ccccc1C1=NC2=C(C=C(Br)Br)CNN2C(Cl)=C1. The highest BCUT2D eigenvalue weighted by atomic mass is 79.9. The van der Waals surface area contributed by atoms with Crippen molar-refractivity contribution in [3.8, 4) is 0 Å². The van der Waals surface area contributed by atoms with E-state index in [1.807, 2.05) is 6.08 Å². The Bertz CT molecular complexity index is 721. The number of hydrogen-bond donors (Lipinski definition) is 1. The molecule has 1 aromatic carbocycles. The molecule has 0 aliphatic carbocycles. The molecule has 3 nitrogen and oxygen atoms in total. The number of aliphatic imine (C=N–C) groups is 1. The van der Waals surface area contributed by atoms with Gasteiger partial charge < -0.3 is 0 Å². The maximum Gasteiger partial charge on any atom is 0.153 e. The molecule has 0 aromatic heterocycles. The first-order chi connectivity index (χ1) is 10.1. The van der Waals surface area contributed by atoms with Gasteiger partial charge in [0.2, 0.25) is 0 Å². The van der Waals surface area contributed by atoms with Crippen LogP contribution in [0.1, 0.15) is 5.56 Å². The predicted octanol–water partition coefficient (Wildman–Crippen LogP) is 4.37. The molecule has 0 amide bonds. The van der Waals surface area contributed by atoms with Crippen LogP contribution in [0.25, 0.3) is 0 Å². The molecule has 0 atom stereocenters.